The molecule has 2 aromatic rings. The maximum absolute atomic E-state index is 12.7. The van der Waals surface area contributed by atoms with Crippen LogP contribution in [0.25, 0.3) is 0 Å². The standard InChI is InChI=1S/C14H11ClF3N3O/c1-8-4-2-3-5-10(8)19-13(22)21-12-7-9(14(16,17)18)6-11(15)20-12/h2-7H,1H3,(H2,19,20,21,22). The molecule has 0 atom stereocenters. The number of carbonyl (C=O) groups is 1. The average Bonchev–Trinajstić information content (AvgIpc) is 2.39. The molecule has 2 N–H and O–H groups in total. The van der Waals surface area contributed by atoms with E-state index in [4.69, 9.17) is 11.6 Å². The lowest BCUT2D eigenvalue weighted by molar-refractivity contribution is -0.137. The summed E-state index contributed by atoms with van der Waals surface area (Å²) in [5.74, 6) is -0.286. The smallest absolute Gasteiger partial charge is 0.307 e. The fourth-order valence-corrected chi connectivity index (χ4v) is 1.92. The van der Waals surface area contributed by atoms with Crippen molar-refractivity contribution >= 4 is 29.1 Å². The van der Waals surface area contributed by atoms with Crippen LogP contribution in [0.3, 0.4) is 0 Å². The molecule has 0 saturated heterocycles. The molecule has 0 aliphatic heterocycles. The second-order valence-electron chi connectivity index (χ2n) is 4.46. The van der Waals surface area contributed by atoms with Crippen LogP contribution in [0.5, 0.6) is 0 Å². The van der Waals surface area contributed by atoms with E-state index in [1.165, 1.54) is 0 Å². The van der Waals surface area contributed by atoms with Crippen LogP contribution in [0, 0.1) is 6.92 Å². The molecule has 0 aliphatic carbocycles. The molecule has 1 aromatic carbocycles. The lowest BCUT2D eigenvalue weighted by Crippen LogP contribution is -2.21. The summed E-state index contributed by atoms with van der Waals surface area (Å²) in [6.45, 7) is 1.79. The molecule has 22 heavy (non-hydrogen) atoms. The fourth-order valence-electron chi connectivity index (χ4n) is 1.71. The van der Waals surface area contributed by atoms with Gasteiger partial charge in [-0.2, -0.15) is 13.2 Å². The van der Waals surface area contributed by atoms with Gasteiger partial charge in [-0.1, -0.05) is 29.8 Å². The van der Waals surface area contributed by atoms with E-state index in [9.17, 15) is 18.0 Å². The molecule has 8 heteroatoms. The molecule has 2 rings (SSSR count). The van der Waals surface area contributed by atoms with Gasteiger partial charge >= 0.3 is 12.2 Å². The van der Waals surface area contributed by atoms with Crippen LogP contribution in [0.1, 0.15) is 11.1 Å². The van der Waals surface area contributed by atoms with Crippen molar-refractivity contribution in [3.63, 3.8) is 0 Å². The zero-order chi connectivity index (χ0) is 16.3. The summed E-state index contributed by atoms with van der Waals surface area (Å²) in [5.41, 5.74) is 0.365. The van der Waals surface area contributed by atoms with Gasteiger partial charge in [-0.25, -0.2) is 9.78 Å². The van der Waals surface area contributed by atoms with Gasteiger partial charge in [0.25, 0.3) is 0 Å². The number of urea groups is 1. The number of nitrogens with zero attached hydrogens (tertiary/aromatic N) is 1. The molecule has 0 fully saturated rings. The summed E-state index contributed by atoms with van der Waals surface area (Å²) in [5, 5.41) is 4.39. The van der Waals surface area contributed by atoms with Crippen molar-refractivity contribution in [1.82, 2.24) is 4.98 Å². The molecule has 0 aliphatic rings. The highest BCUT2D eigenvalue weighted by atomic mass is 35.5. The molecule has 0 radical (unpaired) electrons. The number of amides is 2. The zero-order valence-corrected chi connectivity index (χ0v) is 12.1. The second-order valence-corrected chi connectivity index (χ2v) is 4.84. The van der Waals surface area contributed by atoms with Gasteiger partial charge in [0, 0.05) is 5.69 Å². The molecule has 116 valence electrons. The molecular weight excluding hydrogens is 319 g/mol. The highest BCUT2D eigenvalue weighted by molar-refractivity contribution is 6.29. The third-order valence-electron chi connectivity index (χ3n) is 2.76. The quantitative estimate of drug-likeness (QED) is 0.784. The maximum Gasteiger partial charge on any atom is 0.416 e. The minimum Gasteiger partial charge on any atom is -0.307 e. The molecule has 0 spiro atoms. The number of rotatable bonds is 2. The van der Waals surface area contributed by atoms with Gasteiger partial charge in [-0.05, 0) is 30.7 Å². The van der Waals surface area contributed by atoms with E-state index in [1.807, 2.05) is 0 Å². The number of alkyl halides is 3. The lowest BCUT2D eigenvalue weighted by atomic mass is 10.2. The van der Waals surface area contributed by atoms with Crippen LogP contribution in [0.15, 0.2) is 36.4 Å². The van der Waals surface area contributed by atoms with Crippen LogP contribution in [-0.2, 0) is 6.18 Å². The number of para-hydroxylation sites is 1. The third kappa shape index (κ3) is 4.11. The summed E-state index contributed by atoms with van der Waals surface area (Å²) in [4.78, 5) is 15.5. The van der Waals surface area contributed by atoms with Crippen LogP contribution in [0.4, 0.5) is 29.5 Å². The summed E-state index contributed by atoms with van der Waals surface area (Å²) in [7, 11) is 0. The Bertz CT molecular complexity index is 704. The summed E-state index contributed by atoms with van der Waals surface area (Å²) in [6.07, 6.45) is -4.57. The van der Waals surface area contributed by atoms with Gasteiger partial charge in [0.1, 0.15) is 11.0 Å². The van der Waals surface area contributed by atoms with Gasteiger partial charge in [0.15, 0.2) is 0 Å². The Balaban J connectivity index is 2.15. The Labute approximate surface area is 129 Å². The number of pyridine rings is 1. The average molecular weight is 330 g/mol. The molecule has 1 heterocycles. The van der Waals surface area contributed by atoms with Crippen molar-refractivity contribution < 1.29 is 18.0 Å². The first-order valence-electron chi connectivity index (χ1n) is 6.14. The lowest BCUT2D eigenvalue weighted by Gasteiger charge is -2.11. The summed E-state index contributed by atoms with van der Waals surface area (Å²) in [6, 6.07) is 7.66. The summed E-state index contributed by atoms with van der Waals surface area (Å²) >= 11 is 5.54. The van der Waals surface area contributed by atoms with Crippen molar-refractivity contribution in [2.45, 2.75) is 13.1 Å². The van der Waals surface area contributed by atoms with Gasteiger partial charge in [-0.3, -0.25) is 5.32 Å². The predicted octanol–water partition coefficient (Wildman–Crippen LogP) is 4.71. The first kappa shape index (κ1) is 16.1. The highest BCUT2D eigenvalue weighted by Gasteiger charge is 2.31. The van der Waals surface area contributed by atoms with E-state index in [1.54, 1.807) is 31.2 Å². The number of carbonyl (C=O) groups excluding carboxylic acids is 1. The Morgan fingerprint density at radius 2 is 1.86 bits per heavy atom. The molecule has 0 unspecified atom stereocenters. The number of anilines is 2. The SMILES string of the molecule is Cc1ccccc1NC(=O)Nc1cc(C(F)(F)F)cc(Cl)n1. The van der Waals surface area contributed by atoms with E-state index < -0.39 is 17.8 Å². The molecule has 2 amide bonds. The largest absolute Gasteiger partial charge is 0.416 e. The first-order valence-corrected chi connectivity index (χ1v) is 6.52. The third-order valence-corrected chi connectivity index (χ3v) is 2.95. The predicted molar refractivity (Wildman–Crippen MR) is 78.1 cm³/mol. The Morgan fingerprint density at radius 3 is 2.50 bits per heavy atom. The topological polar surface area (TPSA) is 54.0 Å². The second kappa shape index (κ2) is 6.23. The molecular formula is C14H11ClF3N3O. The normalized spacial score (nSPS) is 11.1. The van der Waals surface area contributed by atoms with E-state index in [0.717, 1.165) is 5.56 Å². The Hall–Kier alpha value is -2.28. The number of aromatic nitrogens is 1. The zero-order valence-electron chi connectivity index (χ0n) is 11.3. The van der Waals surface area contributed by atoms with Gasteiger partial charge in [-0.15, -0.1) is 0 Å². The van der Waals surface area contributed by atoms with E-state index in [0.29, 0.717) is 17.8 Å². The van der Waals surface area contributed by atoms with Gasteiger partial charge in [0.2, 0.25) is 0 Å². The van der Waals surface area contributed by atoms with Crippen molar-refractivity contribution in [3.05, 3.63) is 52.7 Å². The number of aryl methyl sites for hydroxylation is 1. The van der Waals surface area contributed by atoms with Crippen molar-refractivity contribution in [2.24, 2.45) is 0 Å². The molecule has 1 aromatic heterocycles. The molecule has 0 bridgehead atoms. The van der Waals surface area contributed by atoms with Crippen molar-refractivity contribution in [2.75, 3.05) is 10.6 Å². The van der Waals surface area contributed by atoms with Gasteiger partial charge < -0.3 is 5.32 Å². The van der Waals surface area contributed by atoms with E-state index in [-0.39, 0.29) is 11.0 Å². The van der Waals surface area contributed by atoms with Crippen molar-refractivity contribution in [1.29, 1.82) is 0 Å². The van der Waals surface area contributed by atoms with E-state index >= 15 is 0 Å². The highest BCUT2D eigenvalue weighted by Crippen LogP contribution is 2.31. The minimum absolute atomic E-state index is 0.286. The number of nitrogens with one attached hydrogen (secondary N) is 2. The van der Waals surface area contributed by atoms with Crippen LogP contribution in [0.2, 0.25) is 5.15 Å². The fraction of sp³-hybridized carbons (Fsp3) is 0.143. The van der Waals surface area contributed by atoms with E-state index in [2.05, 4.69) is 15.6 Å². The maximum atomic E-state index is 12.7. The first-order chi connectivity index (χ1) is 10.3. The Kier molecular flexibility index (Phi) is 4.56. The van der Waals surface area contributed by atoms with Crippen LogP contribution < -0.4 is 10.6 Å². The number of hydrogen-bond donors (Lipinski definition) is 2. The number of halogens is 4. The van der Waals surface area contributed by atoms with Crippen LogP contribution in [-0.4, -0.2) is 11.0 Å². The Morgan fingerprint density at radius 1 is 1.18 bits per heavy atom. The van der Waals surface area contributed by atoms with Crippen LogP contribution >= 0.6 is 11.6 Å². The summed E-state index contributed by atoms with van der Waals surface area (Å²) < 4.78 is 38.0. The van der Waals surface area contributed by atoms with Crippen molar-refractivity contribution in [3.8, 4) is 0 Å². The minimum atomic E-state index is -4.57. The van der Waals surface area contributed by atoms with Gasteiger partial charge in [0.05, 0.1) is 5.56 Å². The molecule has 0 saturated carbocycles. The number of benzene rings is 1. The molecule has 4 nitrogen and oxygen atoms in total. The monoisotopic (exact) mass is 329 g/mol. The number of hydrogen-bond acceptors (Lipinski definition) is 2.